The summed E-state index contributed by atoms with van der Waals surface area (Å²) in [6.07, 6.45) is 2.26. The van der Waals surface area contributed by atoms with Gasteiger partial charge in [-0.15, -0.1) is 0 Å². The number of nitrogens with zero attached hydrogens (tertiary/aromatic N) is 2. The number of carbonyl (C=O) groups is 1. The van der Waals surface area contributed by atoms with Crippen LogP contribution in [0, 0.1) is 0 Å². The zero-order valence-electron chi connectivity index (χ0n) is 8.74. The summed E-state index contributed by atoms with van der Waals surface area (Å²) in [6.45, 7) is 5.31. The van der Waals surface area contributed by atoms with Gasteiger partial charge in [-0.25, -0.2) is 14.8 Å². The third-order valence-corrected chi connectivity index (χ3v) is 1.55. The average molecular weight is 230 g/mol. The quantitative estimate of drug-likeness (QED) is 0.804. The first kappa shape index (κ1) is 11.7. The summed E-state index contributed by atoms with van der Waals surface area (Å²) in [7, 11) is 0. The molecule has 0 atom stereocenters. The molecule has 1 aromatic rings. The fourth-order valence-corrected chi connectivity index (χ4v) is 0.958. The lowest BCUT2D eigenvalue weighted by Crippen LogP contribution is -2.27. The second-order valence-electron chi connectivity index (χ2n) is 3.82. The highest BCUT2D eigenvalue weighted by Gasteiger charge is 2.17. The molecule has 1 rings (SSSR count). The Kier molecular flexibility index (Phi) is 3.47. The molecule has 0 saturated heterocycles. The molecule has 1 aromatic heterocycles. The first-order valence-electron chi connectivity index (χ1n) is 4.35. The maximum Gasteiger partial charge on any atom is 0.413 e. The molecular formula is C9H12ClN3O2. The van der Waals surface area contributed by atoms with Gasteiger partial charge in [-0.2, -0.15) is 0 Å². The standard InChI is InChI=1S/C9H12ClN3O2/c1-9(2,3)15-8(14)13-7-6(10)11-4-5-12-7/h4-5H,1-3H3,(H,12,13,14). The second kappa shape index (κ2) is 4.44. The van der Waals surface area contributed by atoms with Crippen molar-refractivity contribution >= 4 is 23.5 Å². The molecule has 6 heteroatoms. The molecule has 1 heterocycles. The molecule has 0 aromatic carbocycles. The van der Waals surface area contributed by atoms with E-state index >= 15 is 0 Å². The maximum atomic E-state index is 11.3. The van der Waals surface area contributed by atoms with Gasteiger partial charge in [-0.1, -0.05) is 11.6 Å². The molecule has 15 heavy (non-hydrogen) atoms. The van der Waals surface area contributed by atoms with Crippen molar-refractivity contribution in [3.05, 3.63) is 17.5 Å². The molecule has 0 unspecified atom stereocenters. The highest BCUT2D eigenvalue weighted by molar-refractivity contribution is 6.32. The summed E-state index contributed by atoms with van der Waals surface area (Å²) in [6, 6.07) is 0. The van der Waals surface area contributed by atoms with Gasteiger partial charge in [0.2, 0.25) is 0 Å². The third kappa shape index (κ3) is 4.12. The van der Waals surface area contributed by atoms with E-state index in [4.69, 9.17) is 16.3 Å². The van der Waals surface area contributed by atoms with Crippen LogP contribution in [-0.2, 0) is 4.74 Å². The molecule has 0 saturated carbocycles. The lowest BCUT2D eigenvalue weighted by Gasteiger charge is -2.19. The summed E-state index contributed by atoms with van der Waals surface area (Å²) in [5, 5.41) is 2.53. The molecule has 82 valence electrons. The van der Waals surface area contributed by atoms with Crippen molar-refractivity contribution < 1.29 is 9.53 Å². The Hall–Kier alpha value is -1.36. The number of ether oxygens (including phenoxy) is 1. The molecule has 0 aliphatic heterocycles. The largest absolute Gasteiger partial charge is 0.444 e. The second-order valence-corrected chi connectivity index (χ2v) is 4.18. The Labute approximate surface area is 92.8 Å². The summed E-state index contributed by atoms with van der Waals surface area (Å²) in [5.74, 6) is 0.188. The highest BCUT2D eigenvalue weighted by atomic mass is 35.5. The molecule has 0 aliphatic carbocycles. The zero-order valence-corrected chi connectivity index (χ0v) is 9.50. The van der Waals surface area contributed by atoms with Gasteiger partial charge in [0, 0.05) is 12.4 Å². The van der Waals surface area contributed by atoms with Crippen LogP contribution in [0.25, 0.3) is 0 Å². The number of carbonyl (C=O) groups excluding carboxylic acids is 1. The summed E-state index contributed by atoms with van der Waals surface area (Å²) in [4.78, 5) is 18.9. The minimum absolute atomic E-state index is 0.128. The van der Waals surface area contributed by atoms with Gasteiger partial charge in [-0.3, -0.25) is 5.32 Å². The first-order valence-corrected chi connectivity index (χ1v) is 4.73. The van der Waals surface area contributed by atoms with E-state index in [2.05, 4.69) is 15.3 Å². The van der Waals surface area contributed by atoms with E-state index in [1.165, 1.54) is 12.4 Å². The van der Waals surface area contributed by atoms with Gasteiger partial charge in [-0.05, 0) is 20.8 Å². The third-order valence-electron chi connectivity index (χ3n) is 1.27. The summed E-state index contributed by atoms with van der Waals surface area (Å²) < 4.78 is 5.02. The van der Waals surface area contributed by atoms with Crippen LogP contribution >= 0.6 is 11.6 Å². The number of amides is 1. The Morgan fingerprint density at radius 1 is 1.40 bits per heavy atom. The minimum Gasteiger partial charge on any atom is -0.444 e. The monoisotopic (exact) mass is 229 g/mol. The number of nitrogens with one attached hydrogen (secondary N) is 1. The van der Waals surface area contributed by atoms with Gasteiger partial charge in [0.1, 0.15) is 5.60 Å². The van der Waals surface area contributed by atoms with Gasteiger partial charge >= 0.3 is 6.09 Å². The highest BCUT2D eigenvalue weighted by Crippen LogP contribution is 2.15. The fraction of sp³-hybridized carbons (Fsp3) is 0.444. The minimum atomic E-state index is -0.607. The Bertz CT molecular complexity index is 363. The van der Waals surface area contributed by atoms with Crippen LogP contribution in [0.4, 0.5) is 10.6 Å². The van der Waals surface area contributed by atoms with Crippen molar-refractivity contribution in [2.75, 3.05) is 5.32 Å². The van der Waals surface area contributed by atoms with Crippen molar-refractivity contribution in [1.29, 1.82) is 0 Å². The van der Waals surface area contributed by atoms with E-state index < -0.39 is 11.7 Å². The molecule has 1 amide bonds. The number of hydrogen-bond donors (Lipinski definition) is 1. The van der Waals surface area contributed by atoms with Gasteiger partial charge in [0.15, 0.2) is 11.0 Å². The van der Waals surface area contributed by atoms with Crippen molar-refractivity contribution in [3.63, 3.8) is 0 Å². The molecule has 0 radical (unpaired) electrons. The molecule has 1 N–H and O–H groups in total. The van der Waals surface area contributed by atoms with Crippen molar-refractivity contribution in [2.45, 2.75) is 26.4 Å². The van der Waals surface area contributed by atoms with Gasteiger partial charge in [0.05, 0.1) is 0 Å². The lowest BCUT2D eigenvalue weighted by atomic mass is 10.2. The number of aromatic nitrogens is 2. The number of halogens is 1. The number of rotatable bonds is 1. The van der Waals surface area contributed by atoms with Crippen molar-refractivity contribution in [3.8, 4) is 0 Å². The molecule has 0 bridgehead atoms. The molecular weight excluding hydrogens is 218 g/mol. The first-order chi connectivity index (χ1) is 6.88. The van der Waals surface area contributed by atoms with E-state index in [0.29, 0.717) is 0 Å². The maximum absolute atomic E-state index is 11.3. The van der Waals surface area contributed by atoms with E-state index in [1.54, 1.807) is 20.8 Å². The van der Waals surface area contributed by atoms with E-state index in [9.17, 15) is 4.79 Å². The Morgan fingerprint density at radius 3 is 2.53 bits per heavy atom. The smallest absolute Gasteiger partial charge is 0.413 e. The molecule has 0 spiro atoms. The number of hydrogen-bond acceptors (Lipinski definition) is 4. The van der Waals surface area contributed by atoms with Gasteiger partial charge < -0.3 is 4.74 Å². The molecule has 0 fully saturated rings. The lowest BCUT2D eigenvalue weighted by molar-refractivity contribution is 0.0635. The van der Waals surface area contributed by atoms with Crippen LogP contribution in [0.2, 0.25) is 5.15 Å². The number of anilines is 1. The van der Waals surface area contributed by atoms with E-state index in [1.807, 2.05) is 0 Å². The normalized spacial score (nSPS) is 10.9. The summed E-state index contributed by atoms with van der Waals surface area (Å²) >= 11 is 5.70. The van der Waals surface area contributed by atoms with Crippen LogP contribution in [-0.4, -0.2) is 21.7 Å². The van der Waals surface area contributed by atoms with E-state index in [0.717, 1.165) is 0 Å². The topological polar surface area (TPSA) is 64.1 Å². The zero-order chi connectivity index (χ0) is 11.5. The molecule has 0 aliphatic rings. The van der Waals surface area contributed by atoms with Crippen LogP contribution < -0.4 is 5.32 Å². The fourth-order valence-electron chi connectivity index (χ4n) is 0.805. The van der Waals surface area contributed by atoms with Crippen LogP contribution in [0.3, 0.4) is 0 Å². The Balaban J connectivity index is 2.64. The predicted octanol–water partition coefficient (Wildman–Crippen LogP) is 2.48. The van der Waals surface area contributed by atoms with Crippen molar-refractivity contribution in [1.82, 2.24) is 9.97 Å². The predicted molar refractivity (Wildman–Crippen MR) is 56.9 cm³/mol. The summed E-state index contributed by atoms with van der Waals surface area (Å²) in [5.41, 5.74) is -0.557. The van der Waals surface area contributed by atoms with Gasteiger partial charge in [0.25, 0.3) is 0 Å². The average Bonchev–Trinajstić information content (AvgIpc) is 2.05. The van der Waals surface area contributed by atoms with Crippen molar-refractivity contribution in [2.24, 2.45) is 0 Å². The SMILES string of the molecule is CC(C)(C)OC(=O)Nc1nccnc1Cl. The van der Waals surface area contributed by atoms with E-state index in [-0.39, 0.29) is 11.0 Å². The van der Waals surface area contributed by atoms with Crippen LogP contribution in [0.15, 0.2) is 12.4 Å². The van der Waals surface area contributed by atoms with Crippen LogP contribution in [0.1, 0.15) is 20.8 Å². The Morgan fingerprint density at radius 2 is 2.00 bits per heavy atom. The van der Waals surface area contributed by atoms with Crippen LogP contribution in [0.5, 0.6) is 0 Å². The molecule has 5 nitrogen and oxygen atoms in total.